The van der Waals surface area contributed by atoms with Crippen molar-refractivity contribution in [2.45, 2.75) is 58.2 Å². The molecule has 0 bridgehead atoms. The van der Waals surface area contributed by atoms with Crippen LogP contribution < -0.4 is 11.1 Å². The maximum atomic E-state index is 6.11. The molecule has 0 radical (unpaired) electrons. The Morgan fingerprint density at radius 3 is 2.60 bits per heavy atom. The Morgan fingerprint density at radius 1 is 1.40 bits per heavy atom. The molecule has 0 aromatic carbocycles. The highest BCUT2D eigenvalue weighted by Crippen LogP contribution is 2.22. The van der Waals surface area contributed by atoms with Crippen LogP contribution in [0.25, 0.3) is 0 Å². The smallest absolute Gasteiger partial charge is 0.0724 e. The molecule has 0 aromatic rings. The van der Waals surface area contributed by atoms with E-state index in [0.29, 0.717) is 12.1 Å². The zero-order valence-corrected chi connectivity index (χ0v) is 10.5. The molecule has 3 atom stereocenters. The molecule has 1 rings (SSSR count). The van der Waals surface area contributed by atoms with Crippen molar-refractivity contribution in [3.05, 3.63) is 0 Å². The van der Waals surface area contributed by atoms with Gasteiger partial charge in [-0.2, -0.15) is 0 Å². The van der Waals surface area contributed by atoms with Crippen molar-refractivity contribution in [3.63, 3.8) is 0 Å². The van der Waals surface area contributed by atoms with E-state index in [0.717, 1.165) is 6.54 Å². The lowest BCUT2D eigenvalue weighted by Gasteiger charge is -2.29. The second-order valence-electron chi connectivity index (χ2n) is 5.69. The maximum Gasteiger partial charge on any atom is 0.0724 e. The fourth-order valence-corrected chi connectivity index (χ4v) is 2.03. The highest BCUT2D eigenvalue weighted by atomic mass is 16.5. The van der Waals surface area contributed by atoms with Gasteiger partial charge in [-0.3, -0.25) is 0 Å². The van der Waals surface area contributed by atoms with Crippen molar-refractivity contribution in [1.29, 1.82) is 0 Å². The van der Waals surface area contributed by atoms with Crippen LogP contribution in [-0.4, -0.2) is 31.8 Å². The topological polar surface area (TPSA) is 47.3 Å². The Bertz CT molecular complexity index is 189. The minimum absolute atomic E-state index is 0.175. The molecular formula is C12H26N2O. The molecule has 1 aliphatic rings. The van der Waals surface area contributed by atoms with Crippen LogP contribution in [0.3, 0.4) is 0 Å². The monoisotopic (exact) mass is 214 g/mol. The first-order chi connectivity index (χ1) is 6.95. The predicted molar refractivity (Wildman–Crippen MR) is 63.9 cm³/mol. The molecule has 0 saturated heterocycles. The van der Waals surface area contributed by atoms with E-state index >= 15 is 0 Å². The van der Waals surface area contributed by atoms with Gasteiger partial charge in [0, 0.05) is 25.7 Å². The van der Waals surface area contributed by atoms with Crippen molar-refractivity contribution < 1.29 is 4.74 Å². The third-order valence-corrected chi connectivity index (χ3v) is 3.47. The van der Waals surface area contributed by atoms with Gasteiger partial charge in [0.15, 0.2) is 0 Å². The summed E-state index contributed by atoms with van der Waals surface area (Å²) in [7, 11) is 1.80. The minimum atomic E-state index is 0.175. The third kappa shape index (κ3) is 3.74. The van der Waals surface area contributed by atoms with Crippen LogP contribution in [0.2, 0.25) is 0 Å². The second kappa shape index (κ2) is 5.28. The highest BCUT2D eigenvalue weighted by molar-refractivity contribution is 4.87. The Labute approximate surface area is 93.8 Å². The minimum Gasteiger partial charge on any atom is -0.380 e. The van der Waals surface area contributed by atoms with Gasteiger partial charge in [-0.1, -0.05) is 20.8 Å². The number of ether oxygens (including phenoxy) is 1. The van der Waals surface area contributed by atoms with Crippen LogP contribution in [0.4, 0.5) is 0 Å². The molecule has 0 heterocycles. The molecule has 90 valence electrons. The van der Waals surface area contributed by atoms with E-state index in [4.69, 9.17) is 10.5 Å². The zero-order chi connectivity index (χ0) is 11.5. The lowest BCUT2D eigenvalue weighted by atomic mass is 9.87. The lowest BCUT2D eigenvalue weighted by Crippen LogP contribution is -2.48. The molecule has 3 N–H and O–H groups in total. The molecule has 0 amide bonds. The summed E-state index contributed by atoms with van der Waals surface area (Å²) in [5, 5.41) is 3.54. The molecule has 15 heavy (non-hydrogen) atoms. The summed E-state index contributed by atoms with van der Waals surface area (Å²) in [6.45, 7) is 7.43. The van der Waals surface area contributed by atoms with Crippen LogP contribution in [0.1, 0.15) is 40.0 Å². The molecule has 0 aromatic heterocycles. The Morgan fingerprint density at radius 2 is 2.07 bits per heavy atom. The van der Waals surface area contributed by atoms with Crippen molar-refractivity contribution in [2.24, 2.45) is 11.1 Å². The van der Waals surface area contributed by atoms with Gasteiger partial charge in [0.25, 0.3) is 0 Å². The number of nitrogens with one attached hydrogen (secondary N) is 1. The summed E-state index contributed by atoms with van der Waals surface area (Å²) in [4.78, 5) is 0. The van der Waals surface area contributed by atoms with Crippen LogP contribution in [-0.2, 0) is 4.74 Å². The Kier molecular flexibility index (Phi) is 4.56. The highest BCUT2D eigenvalue weighted by Gasteiger charge is 2.28. The van der Waals surface area contributed by atoms with E-state index in [2.05, 4.69) is 26.1 Å². The SMILES string of the molecule is COC1CCCC1NCC(N)C(C)(C)C. The number of hydrogen-bond donors (Lipinski definition) is 2. The molecule has 0 spiro atoms. The number of hydrogen-bond acceptors (Lipinski definition) is 3. The molecule has 1 fully saturated rings. The van der Waals surface area contributed by atoms with Crippen LogP contribution in [0.15, 0.2) is 0 Å². The third-order valence-electron chi connectivity index (χ3n) is 3.47. The van der Waals surface area contributed by atoms with Gasteiger partial charge in [0.05, 0.1) is 6.10 Å². The Hall–Kier alpha value is -0.120. The largest absolute Gasteiger partial charge is 0.380 e. The second-order valence-corrected chi connectivity index (χ2v) is 5.69. The summed E-state index contributed by atoms with van der Waals surface area (Å²) in [6.07, 6.45) is 4.05. The van der Waals surface area contributed by atoms with Crippen molar-refractivity contribution in [3.8, 4) is 0 Å². The summed E-state index contributed by atoms with van der Waals surface area (Å²) in [5.41, 5.74) is 6.29. The van der Waals surface area contributed by atoms with Gasteiger partial charge in [-0.15, -0.1) is 0 Å². The Balaban J connectivity index is 2.30. The molecule has 3 nitrogen and oxygen atoms in total. The van der Waals surface area contributed by atoms with E-state index < -0.39 is 0 Å². The van der Waals surface area contributed by atoms with Crippen LogP contribution in [0, 0.1) is 5.41 Å². The van der Waals surface area contributed by atoms with Crippen molar-refractivity contribution in [1.82, 2.24) is 5.32 Å². The van der Waals surface area contributed by atoms with Crippen LogP contribution >= 0.6 is 0 Å². The predicted octanol–water partition coefficient (Wildman–Crippen LogP) is 1.52. The van der Waals surface area contributed by atoms with Gasteiger partial charge in [-0.05, 0) is 24.7 Å². The molecule has 1 aliphatic carbocycles. The first kappa shape index (κ1) is 12.9. The summed E-state index contributed by atoms with van der Waals surface area (Å²) in [5.74, 6) is 0. The summed E-state index contributed by atoms with van der Waals surface area (Å²) >= 11 is 0. The van der Waals surface area contributed by atoms with E-state index in [1.54, 1.807) is 7.11 Å². The van der Waals surface area contributed by atoms with Crippen molar-refractivity contribution in [2.75, 3.05) is 13.7 Å². The van der Waals surface area contributed by atoms with E-state index in [9.17, 15) is 0 Å². The maximum absolute atomic E-state index is 6.11. The first-order valence-electron chi connectivity index (χ1n) is 5.97. The molecular weight excluding hydrogens is 188 g/mol. The normalized spacial score (nSPS) is 29.4. The van der Waals surface area contributed by atoms with Gasteiger partial charge in [-0.25, -0.2) is 0 Å². The average Bonchev–Trinajstić information content (AvgIpc) is 2.59. The number of nitrogens with two attached hydrogens (primary N) is 1. The number of methoxy groups -OCH3 is 1. The zero-order valence-electron chi connectivity index (χ0n) is 10.5. The standard InChI is InChI=1S/C12H26N2O/c1-12(2,3)11(13)8-14-9-6-5-7-10(9)15-4/h9-11,14H,5-8,13H2,1-4H3. The molecule has 3 heteroatoms. The number of rotatable bonds is 4. The fraction of sp³-hybridized carbons (Fsp3) is 1.00. The van der Waals surface area contributed by atoms with Gasteiger partial charge in [0.2, 0.25) is 0 Å². The lowest BCUT2D eigenvalue weighted by molar-refractivity contribution is 0.0834. The first-order valence-corrected chi connectivity index (χ1v) is 5.97. The molecule has 1 saturated carbocycles. The average molecular weight is 214 g/mol. The van der Waals surface area contributed by atoms with E-state index in [1.807, 2.05) is 0 Å². The van der Waals surface area contributed by atoms with E-state index in [1.165, 1.54) is 19.3 Å². The quantitative estimate of drug-likeness (QED) is 0.746. The summed E-state index contributed by atoms with van der Waals surface area (Å²) < 4.78 is 5.44. The molecule has 0 aliphatic heterocycles. The fourth-order valence-electron chi connectivity index (χ4n) is 2.03. The van der Waals surface area contributed by atoms with Crippen LogP contribution in [0.5, 0.6) is 0 Å². The van der Waals surface area contributed by atoms with Gasteiger partial charge >= 0.3 is 0 Å². The van der Waals surface area contributed by atoms with Crippen molar-refractivity contribution >= 4 is 0 Å². The van der Waals surface area contributed by atoms with Gasteiger partial charge < -0.3 is 15.8 Å². The van der Waals surface area contributed by atoms with Gasteiger partial charge in [0.1, 0.15) is 0 Å². The summed E-state index contributed by atoms with van der Waals surface area (Å²) in [6, 6.07) is 0.707. The van der Waals surface area contributed by atoms with E-state index in [-0.39, 0.29) is 11.5 Å². The molecule has 3 unspecified atom stereocenters.